The monoisotopic (exact) mass is 390 g/mol. The first-order valence-electron chi connectivity index (χ1n) is 7.91. The molecule has 0 unspecified atom stereocenters. The second-order valence-electron chi connectivity index (χ2n) is 5.71. The maximum Gasteiger partial charge on any atom is 0.212 e. The van der Waals surface area contributed by atoms with Crippen LogP contribution in [0, 0.1) is 0 Å². The van der Waals surface area contributed by atoms with Crippen molar-refractivity contribution in [1.29, 1.82) is 0 Å². The fourth-order valence-corrected chi connectivity index (χ4v) is 4.19. The summed E-state index contributed by atoms with van der Waals surface area (Å²) in [4.78, 5) is 4.37. The molecule has 136 valence electrons. The van der Waals surface area contributed by atoms with Gasteiger partial charge in [0.25, 0.3) is 0 Å². The number of phenolic OH excluding ortho intramolecular Hbond substituents is 2. The van der Waals surface area contributed by atoms with E-state index in [9.17, 15) is 18.6 Å². The molecule has 26 heavy (non-hydrogen) atoms. The SMILES string of the molecule is O=S(=O)(CCc1ccccc1)NCc1nc(-c2ccc(O)c(O)c2)cs1. The molecular formula is C18H18N2O4S2. The summed E-state index contributed by atoms with van der Waals surface area (Å²) in [6, 6.07) is 13.9. The molecule has 0 aliphatic carbocycles. The van der Waals surface area contributed by atoms with Gasteiger partial charge >= 0.3 is 0 Å². The van der Waals surface area contributed by atoms with E-state index in [0.29, 0.717) is 22.7 Å². The van der Waals surface area contributed by atoms with E-state index in [4.69, 9.17) is 0 Å². The zero-order chi connectivity index (χ0) is 18.6. The van der Waals surface area contributed by atoms with Gasteiger partial charge in [-0.25, -0.2) is 18.1 Å². The normalized spacial score (nSPS) is 11.5. The average Bonchev–Trinajstić information content (AvgIpc) is 3.11. The Hall–Kier alpha value is -2.42. The number of benzene rings is 2. The largest absolute Gasteiger partial charge is 0.504 e. The van der Waals surface area contributed by atoms with E-state index in [-0.39, 0.29) is 23.8 Å². The molecule has 2 aromatic carbocycles. The van der Waals surface area contributed by atoms with Crippen LogP contribution in [0.25, 0.3) is 11.3 Å². The topological polar surface area (TPSA) is 99.5 Å². The van der Waals surface area contributed by atoms with Crippen LogP contribution < -0.4 is 4.72 Å². The van der Waals surface area contributed by atoms with Crippen LogP contribution in [0.3, 0.4) is 0 Å². The van der Waals surface area contributed by atoms with Crippen LogP contribution in [0.15, 0.2) is 53.9 Å². The number of sulfonamides is 1. The highest BCUT2D eigenvalue weighted by molar-refractivity contribution is 7.89. The molecule has 8 heteroatoms. The number of aromatic nitrogens is 1. The molecule has 1 aromatic heterocycles. The van der Waals surface area contributed by atoms with Gasteiger partial charge in [-0.2, -0.15) is 0 Å². The summed E-state index contributed by atoms with van der Waals surface area (Å²) in [6.45, 7) is 0.117. The van der Waals surface area contributed by atoms with Gasteiger partial charge in [0.2, 0.25) is 10.0 Å². The van der Waals surface area contributed by atoms with Crippen molar-refractivity contribution in [2.45, 2.75) is 13.0 Å². The Morgan fingerprint density at radius 2 is 1.81 bits per heavy atom. The third kappa shape index (κ3) is 4.81. The van der Waals surface area contributed by atoms with Crippen LogP contribution >= 0.6 is 11.3 Å². The van der Waals surface area contributed by atoms with Gasteiger partial charge in [-0.1, -0.05) is 30.3 Å². The number of aromatic hydroxyl groups is 2. The van der Waals surface area contributed by atoms with E-state index >= 15 is 0 Å². The van der Waals surface area contributed by atoms with Crippen molar-refractivity contribution in [3.05, 3.63) is 64.5 Å². The highest BCUT2D eigenvalue weighted by atomic mass is 32.2. The first-order chi connectivity index (χ1) is 12.4. The molecular weight excluding hydrogens is 372 g/mol. The Bertz CT molecular complexity index is 985. The van der Waals surface area contributed by atoms with Gasteiger partial charge < -0.3 is 10.2 Å². The van der Waals surface area contributed by atoms with Crippen LogP contribution in [0.2, 0.25) is 0 Å². The second kappa shape index (κ2) is 7.86. The smallest absolute Gasteiger partial charge is 0.212 e. The third-order valence-corrected chi connectivity index (χ3v) is 5.94. The summed E-state index contributed by atoms with van der Waals surface area (Å²) < 4.78 is 26.8. The molecule has 0 bridgehead atoms. The number of nitrogens with one attached hydrogen (secondary N) is 1. The molecule has 0 aliphatic rings. The molecule has 0 saturated heterocycles. The lowest BCUT2D eigenvalue weighted by Gasteiger charge is -2.05. The van der Waals surface area contributed by atoms with E-state index in [1.807, 2.05) is 30.3 Å². The summed E-state index contributed by atoms with van der Waals surface area (Å²) in [6.07, 6.45) is 0.450. The summed E-state index contributed by atoms with van der Waals surface area (Å²) in [7, 11) is -3.40. The first kappa shape index (κ1) is 18.4. The lowest BCUT2D eigenvalue weighted by atomic mass is 10.1. The highest BCUT2D eigenvalue weighted by Crippen LogP contribution is 2.31. The predicted octanol–water partition coefficient (Wildman–Crippen LogP) is 2.88. The van der Waals surface area contributed by atoms with E-state index < -0.39 is 10.0 Å². The Morgan fingerprint density at radius 3 is 2.54 bits per heavy atom. The van der Waals surface area contributed by atoms with Crippen molar-refractivity contribution < 1.29 is 18.6 Å². The van der Waals surface area contributed by atoms with Gasteiger partial charge in [-0.15, -0.1) is 11.3 Å². The molecule has 0 amide bonds. The second-order valence-corrected chi connectivity index (χ2v) is 8.57. The lowest BCUT2D eigenvalue weighted by Crippen LogP contribution is -2.26. The number of nitrogens with zero attached hydrogens (tertiary/aromatic N) is 1. The molecule has 3 rings (SSSR count). The van der Waals surface area contributed by atoms with Crippen molar-refractivity contribution in [3.63, 3.8) is 0 Å². The van der Waals surface area contributed by atoms with Crippen molar-refractivity contribution in [2.75, 3.05) is 5.75 Å². The number of thiazole rings is 1. The van der Waals surface area contributed by atoms with Crippen LogP contribution in [0.4, 0.5) is 0 Å². The summed E-state index contributed by atoms with van der Waals surface area (Å²) in [5.41, 5.74) is 2.24. The first-order valence-corrected chi connectivity index (χ1v) is 10.4. The molecule has 3 aromatic rings. The Morgan fingerprint density at radius 1 is 1.04 bits per heavy atom. The predicted molar refractivity (Wildman–Crippen MR) is 102 cm³/mol. The van der Waals surface area contributed by atoms with E-state index in [1.54, 1.807) is 11.4 Å². The molecule has 0 spiro atoms. The quantitative estimate of drug-likeness (QED) is 0.539. The molecule has 1 heterocycles. The number of phenols is 2. The maximum absolute atomic E-state index is 12.1. The maximum atomic E-state index is 12.1. The van der Waals surface area contributed by atoms with Crippen LogP contribution in [0.5, 0.6) is 11.5 Å². The van der Waals surface area contributed by atoms with Crippen LogP contribution in [0.1, 0.15) is 10.6 Å². The van der Waals surface area contributed by atoms with Gasteiger partial charge in [-0.05, 0) is 30.2 Å². The zero-order valence-corrected chi connectivity index (χ0v) is 15.4. The summed E-state index contributed by atoms with van der Waals surface area (Å²) in [5, 5.41) is 21.3. The molecule has 6 nitrogen and oxygen atoms in total. The minimum atomic E-state index is -3.40. The molecule has 3 N–H and O–H groups in total. The Labute approximate surface area is 155 Å². The number of hydrogen-bond donors (Lipinski definition) is 3. The number of hydrogen-bond acceptors (Lipinski definition) is 6. The van der Waals surface area contributed by atoms with Crippen molar-refractivity contribution in [2.24, 2.45) is 0 Å². The van der Waals surface area contributed by atoms with Crippen molar-refractivity contribution in [3.8, 4) is 22.8 Å². The number of aryl methyl sites for hydroxylation is 1. The van der Waals surface area contributed by atoms with Gasteiger partial charge in [0.1, 0.15) is 5.01 Å². The summed E-state index contributed by atoms with van der Waals surface area (Å²) in [5.74, 6) is -0.407. The third-order valence-electron chi connectivity index (χ3n) is 3.77. The van der Waals surface area contributed by atoms with Crippen LogP contribution in [-0.2, 0) is 23.0 Å². The lowest BCUT2D eigenvalue weighted by molar-refractivity contribution is 0.404. The molecule has 0 radical (unpaired) electrons. The fraction of sp³-hybridized carbons (Fsp3) is 0.167. The Balaban J connectivity index is 1.59. The van der Waals surface area contributed by atoms with Gasteiger partial charge in [0.15, 0.2) is 11.5 Å². The van der Waals surface area contributed by atoms with Gasteiger partial charge in [0, 0.05) is 10.9 Å². The molecule has 0 fully saturated rings. The van der Waals surface area contributed by atoms with Crippen molar-refractivity contribution in [1.82, 2.24) is 9.71 Å². The van der Waals surface area contributed by atoms with Gasteiger partial charge in [0.05, 0.1) is 18.0 Å². The van der Waals surface area contributed by atoms with Gasteiger partial charge in [-0.3, -0.25) is 0 Å². The van der Waals surface area contributed by atoms with E-state index in [2.05, 4.69) is 9.71 Å². The Kier molecular flexibility index (Phi) is 5.55. The van der Waals surface area contributed by atoms with Crippen molar-refractivity contribution >= 4 is 21.4 Å². The van der Waals surface area contributed by atoms with E-state index in [1.165, 1.54) is 23.5 Å². The minimum Gasteiger partial charge on any atom is -0.504 e. The molecule has 0 saturated carbocycles. The minimum absolute atomic E-state index is 0.0150. The average molecular weight is 390 g/mol. The fourth-order valence-electron chi connectivity index (χ4n) is 2.35. The van der Waals surface area contributed by atoms with Crippen LogP contribution in [-0.4, -0.2) is 29.4 Å². The zero-order valence-electron chi connectivity index (χ0n) is 13.8. The molecule has 0 aliphatic heterocycles. The van der Waals surface area contributed by atoms with E-state index in [0.717, 1.165) is 5.56 Å². The summed E-state index contributed by atoms with van der Waals surface area (Å²) >= 11 is 1.33. The highest BCUT2D eigenvalue weighted by Gasteiger charge is 2.13. The number of rotatable bonds is 7. The molecule has 0 atom stereocenters. The standard InChI is InChI=1S/C18H18N2O4S2/c21-16-7-6-14(10-17(16)22)15-12-25-18(20-15)11-19-26(23,24)9-8-13-4-2-1-3-5-13/h1-7,10,12,19,21-22H,8-9,11H2.